The monoisotopic (exact) mass is 303 g/mol. The van der Waals surface area contributed by atoms with Crippen molar-refractivity contribution in [1.29, 1.82) is 0 Å². The first-order valence-corrected chi connectivity index (χ1v) is 7.01. The lowest BCUT2D eigenvalue weighted by Gasteiger charge is -2.25. The van der Waals surface area contributed by atoms with Crippen LogP contribution < -0.4 is 5.32 Å². The van der Waals surface area contributed by atoms with Gasteiger partial charge in [0.05, 0.1) is 11.5 Å². The number of carbonyl (C=O) groups is 3. The molecule has 0 aromatic heterocycles. The lowest BCUT2D eigenvalue weighted by Crippen LogP contribution is -2.50. The summed E-state index contributed by atoms with van der Waals surface area (Å²) in [6.07, 6.45) is 1.20. The van der Waals surface area contributed by atoms with Gasteiger partial charge in [-0.1, -0.05) is 36.9 Å². The molecule has 1 aromatic rings. The molecule has 0 radical (unpaired) electrons. The molecule has 0 fully saturated rings. The lowest BCUT2D eigenvalue weighted by molar-refractivity contribution is -0.144. The number of hydrogen-bond acceptors (Lipinski definition) is 3. The molecule has 1 aromatic carbocycles. The minimum absolute atomic E-state index is 0.144. The van der Waals surface area contributed by atoms with Crippen molar-refractivity contribution in [3.63, 3.8) is 0 Å². The Morgan fingerprint density at radius 1 is 1.27 bits per heavy atom. The number of nitrogens with one attached hydrogen (secondary N) is 1. The number of carboxylic acids is 1. The number of rotatable bonds is 8. The molecule has 0 aliphatic rings. The molecule has 1 unspecified atom stereocenters. The van der Waals surface area contributed by atoms with E-state index in [0.29, 0.717) is 0 Å². The number of amides is 1. The van der Waals surface area contributed by atoms with E-state index in [0.717, 1.165) is 11.6 Å². The van der Waals surface area contributed by atoms with E-state index in [1.807, 2.05) is 30.3 Å². The summed E-state index contributed by atoms with van der Waals surface area (Å²) in [4.78, 5) is 35.0. The highest BCUT2D eigenvalue weighted by molar-refractivity contribution is 5.96. The van der Waals surface area contributed by atoms with Crippen molar-refractivity contribution in [3.8, 4) is 0 Å². The fourth-order valence-corrected chi connectivity index (χ4v) is 2.05. The standard InChI is InChI=1S/C17H21NO4/c1-4-15(20)18-17(2,3)14(19)11-13(16(21)22)10-12-8-6-5-7-9-12/h4-9,13H,1,10-11H2,2-3H3,(H,18,20)(H,21,22). The minimum atomic E-state index is -1.13. The van der Waals surface area contributed by atoms with Gasteiger partial charge in [-0.05, 0) is 31.9 Å². The second kappa shape index (κ2) is 7.54. The van der Waals surface area contributed by atoms with Crippen molar-refractivity contribution in [1.82, 2.24) is 5.32 Å². The third-order valence-electron chi connectivity index (χ3n) is 3.42. The second-order valence-corrected chi connectivity index (χ2v) is 5.67. The molecule has 0 bridgehead atoms. The average Bonchev–Trinajstić information content (AvgIpc) is 2.46. The Morgan fingerprint density at radius 2 is 1.86 bits per heavy atom. The molecule has 5 nitrogen and oxygen atoms in total. The molecule has 22 heavy (non-hydrogen) atoms. The van der Waals surface area contributed by atoms with Gasteiger partial charge in [-0.2, -0.15) is 0 Å². The van der Waals surface area contributed by atoms with Gasteiger partial charge in [0.15, 0.2) is 5.78 Å². The van der Waals surface area contributed by atoms with Crippen LogP contribution in [0.4, 0.5) is 0 Å². The van der Waals surface area contributed by atoms with Gasteiger partial charge in [0.2, 0.25) is 5.91 Å². The Balaban J connectivity index is 2.78. The molecule has 0 saturated carbocycles. The third-order valence-corrected chi connectivity index (χ3v) is 3.42. The minimum Gasteiger partial charge on any atom is -0.481 e. The Labute approximate surface area is 130 Å². The summed E-state index contributed by atoms with van der Waals surface area (Å²) in [5.74, 6) is -2.64. The van der Waals surface area contributed by atoms with Gasteiger partial charge in [-0.15, -0.1) is 0 Å². The van der Waals surface area contributed by atoms with Crippen molar-refractivity contribution in [2.24, 2.45) is 5.92 Å². The van der Waals surface area contributed by atoms with Gasteiger partial charge in [-0.25, -0.2) is 0 Å². The van der Waals surface area contributed by atoms with E-state index in [1.165, 1.54) is 0 Å². The first-order valence-electron chi connectivity index (χ1n) is 7.01. The highest BCUT2D eigenvalue weighted by atomic mass is 16.4. The van der Waals surface area contributed by atoms with Crippen LogP contribution in [0.1, 0.15) is 25.8 Å². The molecule has 0 aliphatic heterocycles. The Bertz CT molecular complexity index is 563. The summed E-state index contributed by atoms with van der Waals surface area (Å²) >= 11 is 0. The van der Waals surface area contributed by atoms with Crippen LogP contribution in [0.25, 0.3) is 0 Å². The Hall–Kier alpha value is -2.43. The SMILES string of the molecule is C=CC(=O)NC(C)(C)C(=O)CC(Cc1ccccc1)C(=O)O. The molecule has 1 atom stereocenters. The number of Topliss-reactive ketones (excluding diaryl/α,β-unsaturated/α-hetero) is 1. The number of benzene rings is 1. The smallest absolute Gasteiger partial charge is 0.307 e. The normalized spacial score (nSPS) is 12.3. The van der Waals surface area contributed by atoms with Crippen molar-refractivity contribution in [3.05, 3.63) is 48.6 Å². The van der Waals surface area contributed by atoms with Crippen LogP contribution in [-0.2, 0) is 20.8 Å². The van der Waals surface area contributed by atoms with E-state index in [-0.39, 0.29) is 18.6 Å². The van der Waals surface area contributed by atoms with E-state index in [2.05, 4.69) is 11.9 Å². The summed E-state index contributed by atoms with van der Waals surface area (Å²) in [6.45, 7) is 6.44. The lowest BCUT2D eigenvalue weighted by atomic mass is 9.87. The molecule has 0 aliphatic carbocycles. The van der Waals surface area contributed by atoms with Crippen LogP contribution in [0.3, 0.4) is 0 Å². The molecule has 1 rings (SSSR count). The van der Waals surface area contributed by atoms with E-state index >= 15 is 0 Å². The van der Waals surface area contributed by atoms with Gasteiger partial charge in [0.1, 0.15) is 0 Å². The van der Waals surface area contributed by atoms with Crippen molar-refractivity contribution < 1.29 is 19.5 Å². The Kier molecular flexibility index (Phi) is 6.04. The van der Waals surface area contributed by atoms with Crippen molar-refractivity contribution >= 4 is 17.7 Å². The first kappa shape index (κ1) is 17.6. The fraction of sp³-hybridized carbons (Fsp3) is 0.353. The predicted octanol–water partition coefficient (Wildman–Crippen LogP) is 1.97. The third kappa shape index (κ3) is 5.16. The molecule has 2 N–H and O–H groups in total. The number of carbonyl (C=O) groups excluding carboxylic acids is 2. The molecular weight excluding hydrogens is 282 g/mol. The quantitative estimate of drug-likeness (QED) is 0.719. The van der Waals surface area contributed by atoms with Crippen LogP contribution in [0.5, 0.6) is 0 Å². The zero-order chi connectivity index (χ0) is 16.8. The van der Waals surface area contributed by atoms with E-state index in [4.69, 9.17) is 0 Å². The van der Waals surface area contributed by atoms with Crippen LogP contribution in [-0.4, -0.2) is 28.3 Å². The van der Waals surface area contributed by atoms with Gasteiger partial charge >= 0.3 is 5.97 Å². The maximum Gasteiger partial charge on any atom is 0.307 e. The maximum atomic E-state index is 12.3. The van der Waals surface area contributed by atoms with Gasteiger partial charge < -0.3 is 10.4 Å². The summed E-state index contributed by atoms with van der Waals surface area (Å²) in [6, 6.07) is 9.14. The van der Waals surface area contributed by atoms with E-state index in [9.17, 15) is 19.5 Å². The first-order chi connectivity index (χ1) is 10.3. The largest absolute Gasteiger partial charge is 0.481 e. The number of aliphatic carboxylic acids is 1. The second-order valence-electron chi connectivity index (χ2n) is 5.67. The van der Waals surface area contributed by atoms with Crippen molar-refractivity contribution in [2.45, 2.75) is 32.2 Å². The van der Waals surface area contributed by atoms with Gasteiger partial charge in [0, 0.05) is 6.42 Å². The molecular formula is C17H21NO4. The summed E-state index contributed by atoms with van der Waals surface area (Å²) in [5, 5.41) is 11.8. The number of carboxylic acid groups (broad SMARTS) is 1. The van der Waals surface area contributed by atoms with Crippen LogP contribution in [0.15, 0.2) is 43.0 Å². The molecule has 1 amide bonds. The average molecular weight is 303 g/mol. The van der Waals surface area contributed by atoms with E-state index < -0.39 is 23.3 Å². The molecule has 0 saturated heterocycles. The zero-order valence-corrected chi connectivity index (χ0v) is 12.8. The van der Waals surface area contributed by atoms with Crippen LogP contribution in [0.2, 0.25) is 0 Å². The predicted molar refractivity (Wildman–Crippen MR) is 83.3 cm³/mol. The topological polar surface area (TPSA) is 83.5 Å². The van der Waals surface area contributed by atoms with Gasteiger partial charge in [0.25, 0.3) is 0 Å². The molecule has 118 valence electrons. The summed E-state index contributed by atoms with van der Waals surface area (Å²) in [5.41, 5.74) is -0.272. The molecule has 0 spiro atoms. The van der Waals surface area contributed by atoms with Gasteiger partial charge in [-0.3, -0.25) is 14.4 Å². The number of hydrogen-bond donors (Lipinski definition) is 2. The fourth-order valence-electron chi connectivity index (χ4n) is 2.05. The summed E-state index contributed by atoms with van der Waals surface area (Å²) in [7, 11) is 0. The van der Waals surface area contributed by atoms with Crippen molar-refractivity contribution in [2.75, 3.05) is 0 Å². The Morgan fingerprint density at radius 3 is 2.36 bits per heavy atom. The molecule has 0 heterocycles. The van der Waals surface area contributed by atoms with Crippen LogP contribution >= 0.6 is 0 Å². The van der Waals surface area contributed by atoms with E-state index in [1.54, 1.807) is 13.8 Å². The zero-order valence-electron chi connectivity index (χ0n) is 12.8. The highest BCUT2D eigenvalue weighted by Crippen LogP contribution is 2.17. The maximum absolute atomic E-state index is 12.3. The van der Waals surface area contributed by atoms with Crippen LogP contribution in [0, 0.1) is 5.92 Å². The highest BCUT2D eigenvalue weighted by Gasteiger charge is 2.32. The summed E-state index contributed by atoms with van der Waals surface area (Å²) < 4.78 is 0. The molecule has 5 heteroatoms. The number of ketones is 1.